The Morgan fingerprint density at radius 2 is 1.67 bits per heavy atom. The number of carbonyl (C=O) groups excluding carboxylic acids is 1. The van der Waals surface area contributed by atoms with Crippen LogP contribution in [0.15, 0.2) is 73.2 Å². The molecule has 0 saturated carbocycles. The lowest BCUT2D eigenvalue weighted by atomic mass is 9.93. The van der Waals surface area contributed by atoms with Crippen LogP contribution >= 0.6 is 0 Å². The number of aromatic nitrogens is 4. The van der Waals surface area contributed by atoms with Gasteiger partial charge < -0.3 is 9.47 Å². The highest BCUT2D eigenvalue weighted by Crippen LogP contribution is 2.35. The van der Waals surface area contributed by atoms with Crippen molar-refractivity contribution < 1.29 is 4.79 Å². The van der Waals surface area contributed by atoms with Crippen LogP contribution in [0, 0.1) is 5.92 Å². The van der Waals surface area contributed by atoms with Crippen LogP contribution in [0.3, 0.4) is 0 Å². The van der Waals surface area contributed by atoms with Crippen LogP contribution in [-0.2, 0) is 11.3 Å². The van der Waals surface area contributed by atoms with Gasteiger partial charge in [-0.2, -0.15) is 10.2 Å². The number of fused-ring (bicyclic) bond motifs is 1. The molecule has 7 heteroatoms. The van der Waals surface area contributed by atoms with E-state index in [1.807, 2.05) is 30.6 Å². The molecule has 0 atom stereocenters. The molecule has 3 aromatic heterocycles. The first-order valence-corrected chi connectivity index (χ1v) is 13.0. The number of hydrogen-bond acceptors (Lipinski definition) is 5. The zero-order valence-electron chi connectivity index (χ0n) is 20.5. The van der Waals surface area contributed by atoms with E-state index in [0.717, 1.165) is 64.1 Å². The fraction of sp³-hybridized carbons (Fsp3) is 0.379. The molecule has 0 unspecified atom stereocenters. The fourth-order valence-electron chi connectivity index (χ4n) is 5.89. The van der Waals surface area contributed by atoms with Crippen molar-refractivity contribution in [3.8, 4) is 11.4 Å². The number of nitrogens with zero attached hydrogens (tertiary/aromatic N) is 6. The van der Waals surface area contributed by atoms with E-state index in [1.165, 1.54) is 22.2 Å². The molecule has 0 spiro atoms. The Morgan fingerprint density at radius 3 is 2.42 bits per heavy atom. The summed E-state index contributed by atoms with van der Waals surface area (Å²) >= 11 is 0. The smallest absolute Gasteiger partial charge is 0.225 e. The van der Waals surface area contributed by atoms with Gasteiger partial charge in [-0.1, -0.05) is 24.3 Å². The van der Waals surface area contributed by atoms with Crippen LogP contribution in [0.4, 0.5) is 0 Å². The van der Waals surface area contributed by atoms with E-state index in [-0.39, 0.29) is 5.92 Å². The average Bonchev–Trinajstić information content (AvgIpc) is 3.34. The molecule has 184 valence electrons. The Bertz CT molecular complexity index is 1310. The van der Waals surface area contributed by atoms with Gasteiger partial charge in [0.1, 0.15) is 0 Å². The largest absolute Gasteiger partial charge is 0.342 e. The van der Waals surface area contributed by atoms with E-state index in [0.29, 0.717) is 11.9 Å². The molecule has 2 aliphatic heterocycles. The van der Waals surface area contributed by atoms with Gasteiger partial charge in [0.05, 0.1) is 17.6 Å². The first-order chi connectivity index (χ1) is 17.8. The number of benzene rings is 1. The number of carbonyl (C=O) groups is 1. The second-order valence-electron chi connectivity index (χ2n) is 10.0. The monoisotopic (exact) mass is 480 g/mol. The maximum atomic E-state index is 13.4. The van der Waals surface area contributed by atoms with Crippen molar-refractivity contribution in [1.82, 2.24) is 29.5 Å². The van der Waals surface area contributed by atoms with Crippen LogP contribution in [0.5, 0.6) is 0 Å². The van der Waals surface area contributed by atoms with E-state index in [4.69, 9.17) is 0 Å². The number of hydrogen-bond donors (Lipinski definition) is 0. The number of para-hydroxylation sites is 1. The number of piperidine rings is 2. The molecule has 0 radical (unpaired) electrons. The lowest BCUT2D eigenvalue weighted by molar-refractivity contribution is -0.138. The summed E-state index contributed by atoms with van der Waals surface area (Å²) in [7, 11) is 0. The zero-order valence-corrected chi connectivity index (χ0v) is 20.5. The van der Waals surface area contributed by atoms with Gasteiger partial charge in [0.15, 0.2) is 0 Å². The Kier molecular flexibility index (Phi) is 6.47. The molecule has 4 aromatic rings. The summed E-state index contributed by atoms with van der Waals surface area (Å²) in [6.07, 6.45) is 9.24. The quantitative estimate of drug-likeness (QED) is 0.419. The molecular weight excluding hydrogens is 448 g/mol. The van der Waals surface area contributed by atoms with Gasteiger partial charge in [0.2, 0.25) is 5.91 Å². The summed E-state index contributed by atoms with van der Waals surface area (Å²) in [5.74, 6) is 0.492. The maximum Gasteiger partial charge on any atom is 0.225 e. The molecule has 2 aliphatic rings. The summed E-state index contributed by atoms with van der Waals surface area (Å²) in [4.78, 5) is 22.6. The third kappa shape index (κ3) is 4.63. The average molecular weight is 481 g/mol. The Hall–Kier alpha value is -3.58. The van der Waals surface area contributed by atoms with E-state index >= 15 is 0 Å². The van der Waals surface area contributed by atoms with Crippen molar-refractivity contribution in [2.75, 3.05) is 26.2 Å². The lowest BCUT2D eigenvalue weighted by Gasteiger charge is -2.38. The van der Waals surface area contributed by atoms with Gasteiger partial charge in [-0.3, -0.25) is 14.7 Å². The maximum absolute atomic E-state index is 13.4. The predicted molar refractivity (Wildman–Crippen MR) is 140 cm³/mol. The summed E-state index contributed by atoms with van der Waals surface area (Å²) in [6.45, 7) is 4.43. The van der Waals surface area contributed by atoms with Crippen molar-refractivity contribution in [3.05, 3.63) is 78.8 Å². The highest BCUT2D eigenvalue weighted by molar-refractivity contribution is 5.86. The summed E-state index contributed by atoms with van der Waals surface area (Å²) in [5, 5.41) is 9.08. The van der Waals surface area contributed by atoms with Crippen LogP contribution < -0.4 is 0 Å². The van der Waals surface area contributed by atoms with Crippen molar-refractivity contribution >= 4 is 16.8 Å². The van der Waals surface area contributed by atoms with Crippen LogP contribution in [0.1, 0.15) is 37.3 Å². The minimum atomic E-state index is 0.143. The molecule has 36 heavy (non-hydrogen) atoms. The topological polar surface area (TPSA) is 67.2 Å². The third-order valence-electron chi connectivity index (χ3n) is 7.81. The second-order valence-corrected chi connectivity index (χ2v) is 10.0. The zero-order chi connectivity index (χ0) is 24.3. The lowest BCUT2D eigenvalue weighted by Crippen LogP contribution is -2.45. The van der Waals surface area contributed by atoms with E-state index < -0.39 is 0 Å². The summed E-state index contributed by atoms with van der Waals surface area (Å²) < 4.78 is 2.46. The molecule has 1 amide bonds. The van der Waals surface area contributed by atoms with E-state index in [9.17, 15) is 4.79 Å². The predicted octanol–water partition coefficient (Wildman–Crippen LogP) is 4.57. The van der Waals surface area contributed by atoms with E-state index in [1.54, 1.807) is 6.20 Å². The number of likely N-dealkylation sites (tertiary alicyclic amines) is 2. The molecule has 0 bridgehead atoms. The second kappa shape index (κ2) is 10.2. The Balaban J connectivity index is 1.10. The van der Waals surface area contributed by atoms with Gasteiger partial charge in [0.25, 0.3) is 0 Å². The van der Waals surface area contributed by atoms with Gasteiger partial charge >= 0.3 is 0 Å². The first-order valence-electron chi connectivity index (χ1n) is 13.0. The van der Waals surface area contributed by atoms with Crippen molar-refractivity contribution in [2.45, 2.75) is 38.3 Å². The van der Waals surface area contributed by atoms with Crippen molar-refractivity contribution in [3.63, 3.8) is 0 Å². The Labute approximate surface area is 211 Å². The number of pyridine rings is 1. The molecule has 5 heterocycles. The molecule has 2 fully saturated rings. The molecule has 6 rings (SSSR count). The summed E-state index contributed by atoms with van der Waals surface area (Å²) in [6, 6.07) is 19.3. The Morgan fingerprint density at radius 1 is 0.861 bits per heavy atom. The minimum Gasteiger partial charge on any atom is -0.342 e. The number of amides is 1. The van der Waals surface area contributed by atoms with Gasteiger partial charge in [-0.05, 0) is 74.7 Å². The fourth-order valence-corrected chi connectivity index (χ4v) is 5.89. The van der Waals surface area contributed by atoms with Gasteiger partial charge in [0, 0.05) is 54.9 Å². The van der Waals surface area contributed by atoms with Crippen LogP contribution in [0.25, 0.3) is 22.3 Å². The van der Waals surface area contributed by atoms with E-state index in [2.05, 4.69) is 65.9 Å². The molecule has 7 nitrogen and oxygen atoms in total. The minimum absolute atomic E-state index is 0.143. The molecule has 0 aliphatic carbocycles. The molecule has 1 aromatic carbocycles. The van der Waals surface area contributed by atoms with Crippen molar-refractivity contribution in [2.24, 2.45) is 5.92 Å². The summed E-state index contributed by atoms with van der Waals surface area (Å²) in [5.41, 5.74) is 4.60. The first kappa shape index (κ1) is 22.9. The highest BCUT2D eigenvalue weighted by atomic mass is 16.2. The molecular formula is C29H32N6O. The third-order valence-corrected chi connectivity index (χ3v) is 7.81. The standard InChI is InChI=1S/C29H32N6O/c36-29(23-9-15-33(16-10-23)21-22-8-14-31-32-20-22)34-17-11-25(12-18-34)35-27-7-2-1-5-24(27)19-28(35)26-6-3-4-13-30-26/h1-8,13-14,19-20,23,25H,9-12,15-18,21H2. The molecule has 0 N–H and O–H groups in total. The van der Waals surface area contributed by atoms with Crippen LogP contribution in [-0.4, -0.2) is 61.6 Å². The van der Waals surface area contributed by atoms with Crippen molar-refractivity contribution in [1.29, 1.82) is 0 Å². The molecule has 2 saturated heterocycles. The van der Waals surface area contributed by atoms with Crippen LogP contribution in [0.2, 0.25) is 0 Å². The normalized spacial score (nSPS) is 18.1. The SMILES string of the molecule is O=C(C1CCN(Cc2ccnnc2)CC1)N1CCC(n2c(-c3ccccn3)cc3ccccc32)CC1. The highest BCUT2D eigenvalue weighted by Gasteiger charge is 2.32. The number of rotatable bonds is 5. The van der Waals surface area contributed by atoms with Gasteiger partial charge in [-0.25, -0.2) is 0 Å². The van der Waals surface area contributed by atoms with Gasteiger partial charge in [-0.15, -0.1) is 0 Å².